The quantitative estimate of drug-likeness (QED) is 0.703. The fourth-order valence-electron chi connectivity index (χ4n) is 7.04. The predicted octanol–water partition coefficient (Wildman–Crippen LogP) is 3.64. The van der Waals surface area contributed by atoms with Gasteiger partial charge in [-0.25, -0.2) is 13.2 Å². The Balaban J connectivity index is 1.22. The Morgan fingerprint density at radius 1 is 1.12 bits per heavy atom. The smallest absolute Gasteiger partial charge is 0.319 e. The Kier molecular flexibility index (Phi) is 5.54. The second-order valence-electron chi connectivity index (χ2n) is 10.9. The molecule has 2 amide bonds. The SMILES string of the molecule is CC(C)N1CCN(S(=O)(=O)c2cccc(NC(=O)NC34CC5CCCC(C5)(C3)C4)c2)CC1. The molecule has 5 aliphatic rings. The van der Waals surface area contributed by atoms with E-state index in [9.17, 15) is 13.2 Å². The van der Waals surface area contributed by atoms with E-state index < -0.39 is 10.0 Å². The lowest BCUT2D eigenvalue weighted by Crippen LogP contribution is -2.67. The van der Waals surface area contributed by atoms with E-state index in [2.05, 4.69) is 29.4 Å². The number of sulfonamides is 1. The van der Waals surface area contributed by atoms with Gasteiger partial charge in [0.05, 0.1) is 4.90 Å². The summed E-state index contributed by atoms with van der Waals surface area (Å²) in [5, 5.41) is 6.15. The van der Waals surface area contributed by atoms with Crippen LogP contribution in [0.25, 0.3) is 0 Å². The third-order valence-corrected chi connectivity index (χ3v) is 10.2. The van der Waals surface area contributed by atoms with Crippen LogP contribution in [0.4, 0.5) is 10.5 Å². The first kappa shape index (κ1) is 22.2. The highest BCUT2D eigenvalue weighted by Gasteiger charge is 2.61. The molecule has 1 heterocycles. The predicted molar refractivity (Wildman–Crippen MR) is 125 cm³/mol. The van der Waals surface area contributed by atoms with Crippen LogP contribution in [0.3, 0.4) is 0 Å². The summed E-state index contributed by atoms with van der Waals surface area (Å²) in [6.07, 6.45) is 8.54. The number of rotatable bonds is 5. The Morgan fingerprint density at radius 3 is 2.56 bits per heavy atom. The number of carbonyl (C=O) groups excluding carboxylic acids is 1. The summed E-state index contributed by atoms with van der Waals surface area (Å²) in [6.45, 7) is 6.72. The van der Waals surface area contributed by atoms with E-state index in [-0.39, 0.29) is 16.5 Å². The topological polar surface area (TPSA) is 81.8 Å². The first-order chi connectivity index (χ1) is 15.2. The fourth-order valence-corrected chi connectivity index (χ4v) is 8.51. The number of nitrogens with zero attached hydrogens (tertiary/aromatic N) is 2. The molecule has 1 spiro atoms. The van der Waals surface area contributed by atoms with Crippen molar-refractivity contribution in [1.29, 1.82) is 0 Å². The molecule has 6 rings (SSSR count). The molecule has 176 valence electrons. The van der Waals surface area contributed by atoms with Crippen LogP contribution >= 0.6 is 0 Å². The van der Waals surface area contributed by atoms with Crippen LogP contribution in [0, 0.1) is 11.3 Å². The van der Waals surface area contributed by atoms with Gasteiger partial charge in [0.2, 0.25) is 10.0 Å². The van der Waals surface area contributed by atoms with Gasteiger partial charge in [-0.3, -0.25) is 4.90 Å². The molecule has 4 aliphatic carbocycles. The van der Waals surface area contributed by atoms with Gasteiger partial charge in [0.15, 0.2) is 0 Å². The molecular formula is C24H36N4O3S. The number of hydrogen-bond acceptors (Lipinski definition) is 4. The second-order valence-corrected chi connectivity index (χ2v) is 12.9. The molecule has 3 bridgehead atoms. The van der Waals surface area contributed by atoms with E-state index >= 15 is 0 Å². The first-order valence-electron chi connectivity index (χ1n) is 12.1. The van der Waals surface area contributed by atoms with Crippen molar-refractivity contribution < 1.29 is 13.2 Å². The zero-order valence-corrected chi connectivity index (χ0v) is 20.1. The molecule has 1 aromatic carbocycles. The molecule has 1 unspecified atom stereocenters. The van der Waals surface area contributed by atoms with E-state index in [0.29, 0.717) is 30.2 Å². The summed E-state index contributed by atoms with van der Waals surface area (Å²) >= 11 is 0. The Hall–Kier alpha value is -1.64. The van der Waals surface area contributed by atoms with Crippen LogP contribution in [-0.2, 0) is 10.0 Å². The minimum atomic E-state index is -3.58. The zero-order chi connectivity index (χ0) is 22.6. The molecule has 8 heteroatoms. The van der Waals surface area contributed by atoms with Gasteiger partial charge >= 0.3 is 6.03 Å². The van der Waals surface area contributed by atoms with Crippen LogP contribution in [0.15, 0.2) is 29.2 Å². The maximum absolute atomic E-state index is 13.2. The van der Waals surface area contributed by atoms with Gasteiger partial charge in [0.1, 0.15) is 0 Å². The summed E-state index contributed by atoms with van der Waals surface area (Å²) in [4.78, 5) is 15.3. The van der Waals surface area contributed by atoms with E-state index in [1.54, 1.807) is 28.6 Å². The van der Waals surface area contributed by atoms with Crippen molar-refractivity contribution in [1.82, 2.24) is 14.5 Å². The molecule has 1 atom stereocenters. The highest BCUT2D eigenvalue weighted by Crippen LogP contribution is 2.65. The van der Waals surface area contributed by atoms with E-state index in [1.165, 1.54) is 25.7 Å². The number of urea groups is 1. The number of piperazine rings is 1. The number of benzene rings is 1. The number of anilines is 1. The van der Waals surface area contributed by atoms with Crippen LogP contribution in [-0.4, -0.2) is 61.4 Å². The number of nitrogens with one attached hydrogen (secondary N) is 2. The lowest BCUT2D eigenvalue weighted by atomic mass is 9.43. The normalized spacial score (nSPS) is 32.9. The minimum Gasteiger partial charge on any atom is -0.332 e. The molecule has 2 N–H and O–H groups in total. The van der Waals surface area contributed by atoms with Crippen molar-refractivity contribution in [3.8, 4) is 0 Å². The second kappa shape index (κ2) is 7.99. The number of hydrogen-bond donors (Lipinski definition) is 2. The van der Waals surface area contributed by atoms with Crippen LogP contribution < -0.4 is 10.6 Å². The first-order valence-corrected chi connectivity index (χ1v) is 13.6. The van der Waals surface area contributed by atoms with Gasteiger partial charge in [-0.05, 0) is 75.5 Å². The Morgan fingerprint density at radius 2 is 1.88 bits per heavy atom. The van der Waals surface area contributed by atoms with Crippen LogP contribution in [0.5, 0.6) is 0 Å². The fraction of sp³-hybridized carbons (Fsp3) is 0.708. The van der Waals surface area contributed by atoms with Gasteiger partial charge in [-0.15, -0.1) is 0 Å². The van der Waals surface area contributed by atoms with E-state index in [4.69, 9.17) is 0 Å². The molecule has 1 aromatic rings. The van der Waals surface area contributed by atoms with Gasteiger partial charge in [0.25, 0.3) is 0 Å². The van der Waals surface area contributed by atoms with Crippen molar-refractivity contribution in [3.63, 3.8) is 0 Å². The molecule has 0 radical (unpaired) electrons. The maximum atomic E-state index is 13.2. The summed E-state index contributed by atoms with van der Waals surface area (Å²) in [6, 6.07) is 6.85. The highest BCUT2D eigenvalue weighted by atomic mass is 32.2. The van der Waals surface area contributed by atoms with Crippen LogP contribution in [0.2, 0.25) is 0 Å². The van der Waals surface area contributed by atoms with Crippen molar-refractivity contribution in [3.05, 3.63) is 24.3 Å². The molecule has 1 saturated heterocycles. The van der Waals surface area contributed by atoms with Gasteiger partial charge in [0, 0.05) is 43.4 Å². The average molecular weight is 461 g/mol. The Bertz CT molecular complexity index is 973. The lowest BCUT2D eigenvalue weighted by molar-refractivity contribution is -0.102. The van der Waals surface area contributed by atoms with Gasteiger partial charge in [-0.1, -0.05) is 18.9 Å². The molecule has 1 aliphatic heterocycles. The third-order valence-electron chi connectivity index (χ3n) is 8.26. The van der Waals surface area contributed by atoms with Crippen LogP contribution in [0.1, 0.15) is 58.8 Å². The minimum absolute atomic E-state index is 0.0623. The molecule has 5 fully saturated rings. The third kappa shape index (κ3) is 4.05. The molecule has 7 nitrogen and oxygen atoms in total. The van der Waals surface area contributed by atoms with E-state index in [1.807, 2.05) is 0 Å². The highest BCUT2D eigenvalue weighted by molar-refractivity contribution is 7.89. The zero-order valence-electron chi connectivity index (χ0n) is 19.3. The van der Waals surface area contributed by atoms with Crippen molar-refractivity contribution in [2.45, 2.75) is 75.3 Å². The molecule has 0 aromatic heterocycles. The summed E-state index contributed by atoms with van der Waals surface area (Å²) < 4.78 is 27.9. The molecular weight excluding hydrogens is 424 g/mol. The van der Waals surface area contributed by atoms with E-state index in [0.717, 1.165) is 38.3 Å². The largest absolute Gasteiger partial charge is 0.332 e. The molecule has 32 heavy (non-hydrogen) atoms. The Labute approximate surface area is 192 Å². The van der Waals surface area contributed by atoms with Gasteiger partial charge < -0.3 is 10.6 Å². The summed E-state index contributed by atoms with van der Waals surface area (Å²) in [7, 11) is -3.58. The van der Waals surface area contributed by atoms with Crippen molar-refractivity contribution >= 4 is 21.7 Å². The summed E-state index contributed by atoms with van der Waals surface area (Å²) in [5.74, 6) is 0.746. The average Bonchev–Trinajstić information content (AvgIpc) is 2.72. The number of amides is 2. The summed E-state index contributed by atoms with van der Waals surface area (Å²) in [5.41, 5.74) is 0.931. The van der Waals surface area contributed by atoms with Crippen molar-refractivity contribution in [2.75, 3.05) is 31.5 Å². The maximum Gasteiger partial charge on any atom is 0.319 e. The standard InChI is InChI=1S/C24H36N4O3S/c1-18(2)27-9-11-28(12-10-27)32(30,31)21-7-3-6-20(13-21)25-22(29)26-24-15-19-5-4-8-23(14-19,16-24)17-24/h3,6-7,13,18-19H,4-5,8-12,14-17H2,1-2H3,(H2,25,26,29). The lowest BCUT2D eigenvalue weighted by Gasteiger charge is -2.65. The monoisotopic (exact) mass is 460 g/mol. The molecule has 4 saturated carbocycles. The number of carbonyl (C=O) groups is 1. The van der Waals surface area contributed by atoms with Gasteiger partial charge in [-0.2, -0.15) is 4.31 Å². The van der Waals surface area contributed by atoms with Crippen molar-refractivity contribution in [2.24, 2.45) is 11.3 Å².